The number of hydrogen-bond acceptors (Lipinski definition) is 6. The number of nitrogens with two attached hydrogens (primary N) is 1. The summed E-state index contributed by atoms with van der Waals surface area (Å²) in [5, 5.41) is 12.1. The highest BCUT2D eigenvalue weighted by Gasteiger charge is 2.26. The predicted octanol–water partition coefficient (Wildman–Crippen LogP) is 2.70. The molecule has 0 fully saturated rings. The van der Waals surface area contributed by atoms with Gasteiger partial charge in [0, 0.05) is 11.3 Å². The van der Waals surface area contributed by atoms with Crippen LogP contribution < -0.4 is 15.8 Å². The van der Waals surface area contributed by atoms with Gasteiger partial charge >= 0.3 is 5.97 Å². The molecule has 7 heteroatoms. The van der Waals surface area contributed by atoms with Crippen LogP contribution in [0.15, 0.2) is 42.5 Å². The minimum Gasteiger partial charge on any atom is -0.483 e. The smallest absolute Gasteiger partial charge is 0.333 e. The highest BCUT2D eigenvalue weighted by atomic mass is 16.5. The summed E-state index contributed by atoms with van der Waals surface area (Å²) in [7, 11) is 1.30. The van der Waals surface area contributed by atoms with Gasteiger partial charge in [0.15, 0.2) is 12.6 Å². The molecule has 0 radical (unpaired) electrons. The molecule has 2 aromatic carbocycles. The Bertz CT molecular complexity index is 872. The van der Waals surface area contributed by atoms with Crippen molar-refractivity contribution in [1.29, 1.82) is 5.26 Å². The molecule has 0 aromatic heterocycles. The maximum Gasteiger partial charge on any atom is 0.333 e. The minimum absolute atomic E-state index is 0.301. The number of rotatable bonds is 9. The van der Waals surface area contributed by atoms with Crippen molar-refractivity contribution in [3.05, 3.63) is 59.2 Å². The molecule has 146 valence electrons. The van der Waals surface area contributed by atoms with E-state index in [4.69, 9.17) is 20.5 Å². The van der Waals surface area contributed by atoms with E-state index in [2.05, 4.69) is 12.2 Å². The number of nitrogens with one attached hydrogen (secondary N) is 1. The number of carbonyl (C=O) groups is 2. The van der Waals surface area contributed by atoms with Crippen molar-refractivity contribution in [3.8, 4) is 11.8 Å². The Morgan fingerprint density at radius 3 is 2.50 bits per heavy atom. The van der Waals surface area contributed by atoms with Gasteiger partial charge in [-0.25, -0.2) is 4.79 Å². The Morgan fingerprint density at radius 1 is 1.21 bits per heavy atom. The minimum atomic E-state index is -0.863. The number of anilines is 1. The standard InChI is InChI=1S/C21H23N3O4/c1-3-4-14-7-10-18(28-13-19(23)25)17(11-14)20(21(26)27-2)24-16-8-5-15(12-22)6-9-16/h5-11,20,24H,3-4,13H2,1-2H3,(H2,23,25). The fraction of sp³-hybridized carbons (Fsp3) is 0.286. The summed E-state index contributed by atoms with van der Waals surface area (Å²) in [6.45, 7) is 1.76. The second kappa shape index (κ2) is 9.97. The average Bonchev–Trinajstić information content (AvgIpc) is 2.71. The summed E-state index contributed by atoms with van der Waals surface area (Å²) >= 11 is 0. The molecule has 1 unspecified atom stereocenters. The van der Waals surface area contributed by atoms with E-state index in [0.717, 1.165) is 18.4 Å². The topological polar surface area (TPSA) is 114 Å². The normalized spacial score (nSPS) is 11.2. The van der Waals surface area contributed by atoms with Gasteiger partial charge in [-0.3, -0.25) is 4.79 Å². The fourth-order valence-corrected chi connectivity index (χ4v) is 2.74. The van der Waals surface area contributed by atoms with Gasteiger partial charge in [0.25, 0.3) is 5.91 Å². The summed E-state index contributed by atoms with van der Waals surface area (Å²) in [6.07, 6.45) is 1.76. The number of ether oxygens (including phenoxy) is 2. The molecule has 7 nitrogen and oxygen atoms in total. The van der Waals surface area contributed by atoms with E-state index in [-0.39, 0.29) is 6.61 Å². The quantitative estimate of drug-likeness (QED) is 0.646. The maximum atomic E-state index is 12.5. The number of primary amides is 1. The number of aryl methyl sites for hydroxylation is 1. The maximum absolute atomic E-state index is 12.5. The molecule has 0 heterocycles. The number of esters is 1. The van der Waals surface area contributed by atoms with Gasteiger partial charge in [-0.15, -0.1) is 0 Å². The van der Waals surface area contributed by atoms with E-state index in [1.54, 1.807) is 30.3 Å². The monoisotopic (exact) mass is 381 g/mol. The second-order valence-electron chi connectivity index (χ2n) is 6.17. The van der Waals surface area contributed by atoms with E-state index in [0.29, 0.717) is 22.6 Å². The zero-order valence-corrected chi connectivity index (χ0v) is 15.9. The first kappa shape index (κ1) is 20.8. The Morgan fingerprint density at radius 2 is 1.93 bits per heavy atom. The van der Waals surface area contributed by atoms with E-state index >= 15 is 0 Å². The van der Waals surface area contributed by atoms with Crippen LogP contribution in [0.1, 0.15) is 36.1 Å². The van der Waals surface area contributed by atoms with Crippen LogP contribution in [0.5, 0.6) is 5.75 Å². The van der Waals surface area contributed by atoms with Crippen molar-refractivity contribution in [2.45, 2.75) is 25.8 Å². The molecule has 2 aromatic rings. The van der Waals surface area contributed by atoms with Crippen LogP contribution >= 0.6 is 0 Å². The van der Waals surface area contributed by atoms with Gasteiger partial charge in [-0.05, 0) is 48.4 Å². The van der Waals surface area contributed by atoms with Gasteiger partial charge in [0.1, 0.15) is 5.75 Å². The van der Waals surface area contributed by atoms with Gasteiger partial charge in [0.2, 0.25) is 0 Å². The van der Waals surface area contributed by atoms with Gasteiger partial charge < -0.3 is 20.5 Å². The van der Waals surface area contributed by atoms with Gasteiger partial charge in [0.05, 0.1) is 18.7 Å². The van der Waals surface area contributed by atoms with Crippen LogP contribution in [-0.2, 0) is 20.7 Å². The van der Waals surface area contributed by atoms with Crippen molar-refractivity contribution in [2.24, 2.45) is 5.73 Å². The first-order valence-electron chi connectivity index (χ1n) is 8.87. The summed E-state index contributed by atoms with van der Waals surface area (Å²) in [5.41, 5.74) is 7.90. The van der Waals surface area contributed by atoms with Crippen molar-refractivity contribution < 1.29 is 19.1 Å². The summed E-state index contributed by atoms with van der Waals surface area (Å²) < 4.78 is 10.5. The molecule has 2 rings (SSSR count). The van der Waals surface area contributed by atoms with E-state index in [9.17, 15) is 9.59 Å². The number of hydrogen-bond donors (Lipinski definition) is 2. The molecule has 0 saturated heterocycles. The fourth-order valence-electron chi connectivity index (χ4n) is 2.74. The number of carbonyl (C=O) groups excluding carboxylic acids is 2. The third-order valence-corrected chi connectivity index (χ3v) is 4.06. The number of methoxy groups -OCH3 is 1. The number of nitrogens with zero attached hydrogens (tertiary/aromatic N) is 1. The Labute approximate surface area is 164 Å². The first-order chi connectivity index (χ1) is 13.5. The molecule has 0 aliphatic rings. The van der Waals surface area contributed by atoms with Crippen LogP contribution in [0.4, 0.5) is 5.69 Å². The zero-order chi connectivity index (χ0) is 20.5. The zero-order valence-electron chi connectivity index (χ0n) is 15.9. The first-order valence-corrected chi connectivity index (χ1v) is 8.87. The van der Waals surface area contributed by atoms with E-state index < -0.39 is 17.9 Å². The van der Waals surface area contributed by atoms with Crippen molar-refractivity contribution >= 4 is 17.6 Å². The van der Waals surface area contributed by atoms with Crippen LogP contribution in [0.3, 0.4) is 0 Å². The molecule has 0 saturated carbocycles. The Balaban J connectivity index is 2.43. The summed E-state index contributed by atoms with van der Waals surface area (Å²) in [5.74, 6) is -0.754. The Hall–Kier alpha value is -3.53. The molecular formula is C21H23N3O4. The van der Waals surface area contributed by atoms with Crippen LogP contribution in [0.25, 0.3) is 0 Å². The summed E-state index contributed by atoms with van der Waals surface area (Å²) in [4.78, 5) is 23.6. The lowest BCUT2D eigenvalue weighted by atomic mass is 10.00. The van der Waals surface area contributed by atoms with Crippen molar-refractivity contribution in [2.75, 3.05) is 19.0 Å². The van der Waals surface area contributed by atoms with Crippen LogP contribution in [0, 0.1) is 11.3 Å². The molecule has 3 N–H and O–H groups in total. The lowest BCUT2D eigenvalue weighted by molar-refractivity contribution is -0.141. The number of amides is 1. The highest BCUT2D eigenvalue weighted by molar-refractivity contribution is 5.82. The third-order valence-electron chi connectivity index (χ3n) is 4.06. The predicted molar refractivity (Wildman–Crippen MR) is 105 cm³/mol. The molecule has 0 aliphatic carbocycles. The molecule has 0 aliphatic heterocycles. The molecule has 1 atom stereocenters. The second-order valence-corrected chi connectivity index (χ2v) is 6.17. The number of nitriles is 1. The van der Waals surface area contributed by atoms with Gasteiger partial charge in [-0.2, -0.15) is 5.26 Å². The van der Waals surface area contributed by atoms with Crippen LogP contribution in [0.2, 0.25) is 0 Å². The molecule has 28 heavy (non-hydrogen) atoms. The molecule has 0 spiro atoms. The van der Waals surface area contributed by atoms with E-state index in [1.807, 2.05) is 18.2 Å². The summed E-state index contributed by atoms with van der Waals surface area (Å²) in [6, 6.07) is 13.4. The largest absolute Gasteiger partial charge is 0.483 e. The van der Waals surface area contributed by atoms with Crippen molar-refractivity contribution in [3.63, 3.8) is 0 Å². The highest BCUT2D eigenvalue weighted by Crippen LogP contribution is 2.31. The lowest BCUT2D eigenvalue weighted by Crippen LogP contribution is -2.25. The van der Waals surface area contributed by atoms with E-state index in [1.165, 1.54) is 7.11 Å². The Kier molecular flexibility index (Phi) is 7.40. The molecule has 0 bridgehead atoms. The van der Waals surface area contributed by atoms with Crippen molar-refractivity contribution in [1.82, 2.24) is 0 Å². The molecular weight excluding hydrogens is 358 g/mol. The average molecular weight is 381 g/mol. The third kappa shape index (κ3) is 5.48. The van der Waals surface area contributed by atoms with Crippen LogP contribution in [-0.4, -0.2) is 25.6 Å². The SMILES string of the molecule is CCCc1ccc(OCC(N)=O)c(C(Nc2ccc(C#N)cc2)C(=O)OC)c1. The molecule has 1 amide bonds. The van der Waals surface area contributed by atoms with Gasteiger partial charge in [-0.1, -0.05) is 19.4 Å². The number of benzene rings is 2. The lowest BCUT2D eigenvalue weighted by Gasteiger charge is -2.21.